The van der Waals surface area contributed by atoms with Gasteiger partial charge in [-0.05, 0) is 24.8 Å². The third-order valence-corrected chi connectivity index (χ3v) is 7.19. The fourth-order valence-electron chi connectivity index (χ4n) is 5.21. The lowest BCUT2D eigenvalue weighted by atomic mass is 9.67. The maximum Gasteiger partial charge on any atom is 0.336 e. The van der Waals surface area contributed by atoms with Crippen molar-refractivity contribution in [2.24, 2.45) is 5.92 Å². The van der Waals surface area contributed by atoms with Crippen LogP contribution in [0.1, 0.15) is 40.7 Å². The van der Waals surface area contributed by atoms with Crippen LogP contribution in [0.25, 0.3) is 0 Å². The first-order chi connectivity index (χ1) is 18.5. The number of ether oxygens (including phenoxy) is 2. The average molecular weight is 564 g/mol. The van der Waals surface area contributed by atoms with Crippen molar-refractivity contribution in [3.8, 4) is 5.75 Å². The van der Waals surface area contributed by atoms with E-state index in [0.717, 1.165) is 0 Å². The maximum atomic E-state index is 14.4. The number of likely N-dealkylation sites (N-methyl/N-ethyl adjacent to an activating group) is 1. The largest absolute Gasteiger partial charge is 0.478 e. The van der Waals surface area contributed by atoms with Crippen LogP contribution >= 0.6 is 11.6 Å². The van der Waals surface area contributed by atoms with Crippen LogP contribution < -0.4 is 15.5 Å². The molecule has 0 radical (unpaired) electrons. The second-order valence-electron chi connectivity index (χ2n) is 9.67. The highest BCUT2D eigenvalue weighted by Gasteiger charge is 2.52. The summed E-state index contributed by atoms with van der Waals surface area (Å²) in [7, 11) is 3.14. The number of aliphatic hydroxyl groups is 1. The van der Waals surface area contributed by atoms with E-state index in [1.165, 1.54) is 29.3 Å². The summed E-state index contributed by atoms with van der Waals surface area (Å²) >= 11 is 5.82. The number of carbonyl (C=O) groups is 3. The molecule has 1 atom stereocenters. The van der Waals surface area contributed by atoms with E-state index in [-0.39, 0.29) is 34.3 Å². The molecule has 1 saturated carbocycles. The highest BCUT2D eigenvalue weighted by Crippen LogP contribution is 2.48. The molecule has 2 heterocycles. The Labute approximate surface area is 227 Å². The van der Waals surface area contributed by atoms with Crippen molar-refractivity contribution < 1.29 is 38.5 Å². The lowest BCUT2D eigenvalue weighted by Gasteiger charge is -2.54. The van der Waals surface area contributed by atoms with E-state index in [4.69, 9.17) is 26.2 Å². The Bertz CT molecular complexity index is 1400. The number of aliphatic carboxylic acids is 1. The molecule has 3 N–H and O–H groups in total. The van der Waals surface area contributed by atoms with Crippen LogP contribution in [0.2, 0.25) is 5.02 Å². The van der Waals surface area contributed by atoms with Gasteiger partial charge in [-0.2, -0.15) is 0 Å². The van der Waals surface area contributed by atoms with Crippen LogP contribution in [0.15, 0.2) is 41.3 Å². The maximum absolute atomic E-state index is 14.4. The highest BCUT2D eigenvalue weighted by atomic mass is 35.5. The Hall–Kier alpha value is -3.58. The standard InChI is InChI=1S/C26H27ClFN3O8/c1-30-13-26(8-14(9-26)12-38-2)31-11-16(24(36)29-10-15-4-3-5-17(27)20(15)28)22(35)23(21(31)25(30)37)39-19(34)7-6-18(32)33/h3-7,11,14,24,29,36H,8-10,12-13H2,1-2H3,(H,32,33)/b7-6+. The van der Waals surface area contributed by atoms with Gasteiger partial charge in [0.2, 0.25) is 11.2 Å². The number of carbonyl (C=O) groups excluding carboxylic acids is 2. The Morgan fingerprint density at radius 2 is 2.03 bits per heavy atom. The third kappa shape index (κ3) is 5.59. The Morgan fingerprint density at radius 3 is 2.69 bits per heavy atom. The van der Waals surface area contributed by atoms with Gasteiger partial charge in [0.25, 0.3) is 5.91 Å². The highest BCUT2D eigenvalue weighted by molar-refractivity contribution is 6.30. The van der Waals surface area contributed by atoms with Gasteiger partial charge in [-0.1, -0.05) is 23.7 Å². The van der Waals surface area contributed by atoms with Crippen LogP contribution in [0.5, 0.6) is 5.75 Å². The van der Waals surface area contributed by atoms with Crippen molar-refractivity contribution in [3.63, 3.8) is 0 Å². The van der Waals surface area contributed by atoms with Gasteiger partial charge >= 0.3 is 11.9 Å². The predicted octanol–water partition coefficient (Wildman–Crippen LogP) is 1.81. The summed E-state index contributed by atoms with van der Waals surface area (Å²) in [5.74, 6) is -4.36. The molecule has 2 aromatic rings. The van der Waals surface area contributed by atoms with E-state index in [1.807, 2.05) is 0 Å². The van der Waals surface area contributed by atoms with Gasteiger partial charge in [0.15, 0.2) is 5.69 Å². The molecule has 0 bridgehead atoms. The predicted molar refractivity (Wildman–Crippen MR) is 136 cm³/mol. The molecule has 39 heavy (non-hydrogen) atoms. The molecule has 1 amide bonds. The molecule has 2 aliphatic rings. The molecule has 0 saturated heterocycles. The van der Waals surface area contributed by atoms with Gasteiger partial charge in [0.05, 0.1) is 16.1 Å². The zero-order chi connectivity index (χ0) is 28.5. The molecule has 1 unspecified atom stereocenters. The number of aliphatic hydroxyl groups excluding tert-OH is 1. The summed E-state index contributed by atoms with van der Waals surface area (Å²) in [6, 6.07) is 4.36. The van der Waals surface area contributed by atoms with Crippen LogP contribution in [-0.4, -0.2) is 64.8 Å². The number of carboxylic acid groups (broad SMARTS) is 1. The minimum Gasteiger partial charge on any atom is -0.478 e. The molecule has 1 fully saturated rings. The van der Waals surface area contributed by atoms with E-state index in [1.54, 1.807) is 18.7 Å². The number of fused-ring (bicyclic) bond motifs is 2. The van der Waals surface area contributed by atoms with Crippen LogP contribution in [0.4, 0.5) is 4.39 Å². The van der Waals surface area contributed by atoms with Gasteiger partial charge < -0.3 is 29.2 Å². The van der Waals surface area contributed by atoms with E-state index < -0.39 is 46.6 Å². The fraction of sp³-hybridized carbons (Fsp3) is 0.385. The molecule has 1 aliphatic heterocycles. The fourth-order valence-corrected chi connectivity index (χ4v) is 5.41. The molecule has 13 heteroatoms. The molecule has 11 nitrogen and oxygen atoms in total. The second-order valence-corrected chi connectivity index (χ2v) is 10.1. The molecule has 208 valence electrons. The first-order valence-electron chi connectivity index (χ1n) is 12.0. The lowest BCUT2D eigenvalue weighted by Crippen LogP contribution is -2.60. The normalized spacial score (nSPS) is 21.1. The number of halogens is 2. The number of methoxy groups -OCH3 is 1. The number of esters is 1. The minimum absolute atomic E-state index is 0.110. The summed E-state index contributed by atoms with van der Waals surface area (Å²) in [6.07, 6.45) is 1.99. The number of hydrogen-bond donors (Lipinski definition) is 3. The van der Waals surface area contributed by atoms with Gasteiger partial charge in [0.1, 0.15) is 12.0 Å². The number of amides is 1. The van der Waals surface area contributed by atoms with Crippen molar-refractivity contribution in [1.29, 1.82) is 0 Å². The number of carboxylic acids is 1. The molecule has 1 spiro atoms. The average Bonchev–Trinajstić information content (AvgIpc) is 2.86. The van der Waals surface area contributed by atoms with Crippen molar-refractivity contribution in [3.05, 3.63) is 74.4 Å². The van der Waals surface area contributed by atoms with Gasteiger partial charge in [0, 0.05) is 57.8 Å². The summed E-state index contributed by atoms with van der Waals surface area (Å²) in [5.41, 5.74) is -1.94. The summed E-state index contributed by atoms with van der Waals surface area (Å²) in [4.78, 5) is 51.4. The number of pyridine rings is 1. The molecule has 1 aromatic heterocycles. The zero-order valence-corrected chi connectivity index (χ0v) is 21.9. The number of nitrogens with zero attached hydrogens (tertiary/aromatic N) is 2. The first kappa shape index (κ1) is 28.4. The van der Waals surface area contributed by atoms with E-state index in [2.05, 4.69) is 5.32 Å². The molecule has 4 rings (SSSR count). The monoisotopic (exact) mass is 563 g/mol. The van der Waals surface area contributed by atoms with Gasteiger partial charge in [-0.15, -0.1) is 0 Å². The first-order valence-corrected chi connectivity index (χ1v) is 12.4. The number of benzene rings is 1. The number of hydrogen-bond acceptors (Lipinski definition) is 8. The third-order valence-electron chi connectivity index (χ3n) is 6.90. The van der Waals surface area contributed by atoms with Gasteiger partial charge in [-0.3, -0.25) is 14.9 Å². The van der Waals surface area contributed by atoms with Crippen molar-refractivity contribution in [1.82, 2.24) is 14.8 Å². The molecular weight excluding hydrogens is 537 g/mol. The van der Waals surface area contributed by atoms with Crippen molar-refractivity contribution in [2.75, 3.05) is 27.3 Å². The van der Waals surface area contributed by atoms with E-state index in [0.29, 0.717) is 38.1 Å². The smallest absolute Gasteiger partial charge is 0.336 e. The van der Waals surface area contributed by atoms with Gasteiger partial charge in [-0.25, -0.2) is 14.0 Å². The topological polar surface area (TPSA) is 147 Å². The van der Waals surface area contributed by atoms with Crippen molar-refractivity contribution >= 4 is 29.4 Å². The second kappa shape index (κ2) is 11.3. The SMILES string of the molecule is COCC1CC2(C1)CN(C)C(=O)c1c(OC(=O)/C=C/C(=O)O)c(=O)c(C(O)NCc3cccc(Cl)c3F)cn12. The van der Waals surface area contributed by atoms with E-state index in [9.17, 15) is 28.7 Å². The van der Waals surface area contributed by atoms with E-state index >= 15 is 0 Å². The Morgan fingerprint density at radius 1 is 1.31 bits per heavy atom. The number of rotatable bonds is 9. The summed E-state index contributed by atoms with van der Waals surface area (Å²) in [6.45, 7) is 0.581. The quantitative estimate of drug-likeness (QED) is 0.236. The Balaban J connectivity index is 1.78. The number of aromatic nitrogens is 1. The summed E-state index contributed by atoms with van der Waals surface area (Å²) < 4.78 is 26.4. The van der Waals surface area contributed by atoms with Crippen LogP contribution in [0.3, 0.4) is 0 Å². The number of nitrogens with one attached hydrogen (secondary N) is 1. The van der Waals surface area contributed by atoms with Crippen molar-refractivity contribution in [2.45, 2.75) is 31.2 Å². The Kier molecular flexibility index (Phi) is 8.21. The van der Waals surface area contributed by atoms with Crippen LogP contribution in [0, 0.1) is 11.7 Å². The minimum atomic E-state index is -1.65. The molecule has 1 aliphatic carbocycles. The molecule has 1 aromatic carbocycles. The zero-order valence-electron chi connectivity index (χ0n) is 21.1. The molecular formula is C26H27ClFN3O8. The lowest BCUT2D eigenvalue weighted by molar-refractivity contribution is -0.133. The summed E-state index contributed by atoms with van der Waals surface area (Å²) in [5, 5.41) is 22.3. The van der Waals surface area contributed by atoms with Crippen LogP contribution in [-0.2, 0) is 26.4 Å².